The Kier molecular flexibility index (Phi) is 6.16. The van der Waals surface area contributed by atoms with Crippen molar-refractivity contribution in [1.82, 2.24) is 4.90 Å². The smallest absolute Gasteiger partial charge is 0.366 e. The van der Waals surface area contributed by atoms with Gasteiger partial charge in [-0.15, -0.1) is 17.0 Å². The van der Waals surface area contributed by atoms with Crippen LogP contribution in [-0.2, 0) is 11.9 Å². The molecule has 1 aromatic carbocycles. The second kappa shape index (κ2) is 7.43. The molecule has 2 heterocycles. The van der Waals surface area contributed by atoms with Crippen LogP contribution >= 0.6 is 40.3 Å². The molecule has 0 aliphatic carbocycles. The standard InChI is InChI=1S/C15H16ClF3N2OS.BrH/c16-12-5-4-10(15(17,18)19)8-11(12)14(22)9-23-13-20-6-2-1-3-7-21(13)14;/h4-5,8,22H,1-3,6-7,9H2;1H/b20-13+;. The van der Waals surface area contributed by atoms with Crippen molar-refractivity contribution in [2.45, 2.75) is 31.2 Å². The van der Waals surface area contributed by atoms with Crippen LogP contribution in [0, 0.1) is 0 Å². The van der Waals surface area contributed by atoms with Gasteiger partial charge in [-0.25, -0.2) is 0 Å². The summed E-state index contributed by atoms with van der Waals surface area (Å²) in [6, 6.07) is 3.08. The third-order valence-corrected chi connectivity index (χ3v) is 5.58. The van der Waals surface area contributed by atoms with Crippen LogP contribution in [0.25, 0.3) is 0 Å². The Labute approximate surface area is 158 Å². The first-order valence-corrected chi connectivity index (χ1v) is 8.73. The summed E-state index contributed by atoms with van der Waals surface area (Å²) >= 11 is 7.48. The second-order valence-corrected chi connectivity index (χ2v) is 7.02. The van der Waals surface area contributed by atoms with Gasteiger partial charge in [-0.1, -0.05) is 23.4 Å². The highest BCUT2D eigenvalue weighted by Crippen LogP contribution is 2.44. The van der Waals surface area contributed by atoms with Gasteiger partial charge in [0, 0.05) is 23.7 Å². The molecule has 0 aromatic heterocycles. The lowest BCUT2D eigenvalue weighted by atomic mass is 9.99. The van der Waals surface area contributed by atoms with E-state index in [2.05, 4.69) is 4.99 Å². The second-order valence-electron chi connectivity index (χ2n) is 5.67. The van der Waals surface area contributed by atoms with Crippen molar-refractivity contribution >= 4 is 45.5 Å². The Morgan fingerprint density at radius 1 is 1.25 bits per heavy atom. The largest absolute Gasteiger partial charge is 0.416 e. The molecule has 1 N–H and O–H groups in total. The molecular formula is C15H17BrClF3N2OS. The molecule has 2 aliphatic rings. The van der Waals surface area contributed by atoms with Gasteiger partial charge in [0.25, 0.3) is 0 Å². The van der Waals surface area contributed by atoms with E-state index in [1.54, 1.807) is 4.90 Å². The number of rotatable bonds is 1. The number of aliphatic imine (C=N–C) groups is 1. The molecule has 134 valence electrons. The van der Waals surface area contributed by atoms with E-state index in [9.17, 15) is 18.3 Å². The van der Waals surface area contributed by atoms with Gasteiger partial charge in [0.05, 0.1) is 11.3 Å². The zero-order valence-electron chi connectivity index (χ0n) is 12.6. The molecule has 9 heteroatoms. The first-order valence-electron chi connectivity index (χ1n) is 7.37. The minimum atomic E-state index is -4.48. The van der Waals surface area contributed by atoms with Crippen molar-refractivity contribution in [1.29, 1.82) is 0 Å². The van der Waals surface area contributed by atoms with Gasteiger partial charge in [0.2, 0.25) is 0 Å². The van der Waals surface area contributed by atoms with Crippen LogP contribution in [0.5, 0.6) is 0 Å². The van der Waals surface area contributed by atoms with Gasteiger partial charge in [0.1, 0.15) is 0 Å². The summed E-state index contributed by atoms with van der Waals surface area (Å²) in [7, 11) is 0. The van der Waals surface area contributed by atoms with E-state index in [0.29, 0.717) is 18.3 Å². The van der Waals surface area contributed by atoms with Gasteiger partial charge in [-0.2, -0.15) is 13.2 Å². The van der Waals surface area contributed by atoms with Gasteiger partial charge in [0.15, 0.2) is 10.9 Å². The minimum absolute atomic E-state index is 0. The van der Waals surface area contributed by atoms with E-state index < -0.39 is 17.5 Å². The van der Waals surface area contributed by atoms with Crippen LogP contribution in [-0.4, -0.2) is 34.0 Å². The number of aliphatic hydroxyl groups is 1. The Morgan fingerprint density at radius 3 is 2.71 bits per heavy atom. The SMILES string of the molecule is Br.OC1(c2cc(C(F)(F)F)ccc2Cl)CS/C2=N/CCCCCN21. The van der Waals surface area contributed by atoms with Crippen molar-refractivity contribution in [3.63, 3.8) is 0 Å². The van der Waals surface area contributed by atoms with Crippen LogP contribution in [0.3, 0.4) is 0 Å². The molecule has 1 atom stereocenters. The lowest BCUT2D eigenvalue weighted by molar-refractivity contribution is -0.137. The van der Waals surface area contributed by atoms with Crippen LogP contribution in [0.2, 0.25) is 5.02 Å². The molecule has 0 spiro atoms. The van der Waals surface area contributed by atoms with Crippen molar-refractivity contribution in [2.75, 3.05) is 18.8 Å². The molecule has 1 saturated heterocycles. The molecule has 3 rings (SSSR count). The maximum absolute atomic E-state index is 13.0. The number of halogens is 5. The minimum Gasteiger partial charge on any atom is -0.366 e. The summed E-state index contributed by atoms with van der Waals surface area (Å²) in [6.45, 7) is 1.22. The number of thioether (sulfide) groups is 1. The number of nitrogens with zero attached hydrogens (tertiary/aromatic N) is 2. The first-order chi connectivity index (χ1) is 10.8. The highest BCUT2D eigenvalue weighted by atomic mass is 79.9. The molecular weight excluding hydrogens is 429 g/mol. The van der Waals surface area contributed by atoms with Crippen LogP contribution in [0.15, 0.2) is 23.2 Å². The fraction of sp³-hybridized carbons (Fsp3) is 0.533. The highest BCUT2D eigenvalue weighted by Gasteiger charge is 2.46. The van der Waals surface area contributed by atoms with Crippen LogP contribution < -0.4 is 0 Å². The molecule has 1 aromatic rings. The lowest BCUT2D eigenvalue weighted by Gasteiger charge is -2.36. The summed E-state index contributed by atoms with van der Waals surface area (Å²) in [5, 5.41) is 11.9. The van der Waals surface area contributed by atoms with E-state index in [-0.39, 0.29) is 33.3 Å². The first kappa shape index (κ1) is 19.9. The van der Waals surface area contributed by atoms with E-state index in [0.717, 1.165) is 31.4 Å². The summed E-state index contributed by atoms with van der Waals surface area (Å²) in [5.41, 5.74) is -2.28. The number of fused-ring (bicyclic) bond motifs is 1. The predicted molar refractivity (Wildman–Crippen MR) is 96.0 cm³/mol. The Bertz CT molecular complexity index is 644. The predicted octanol–water partition coefficient (Wildman–Crippen LogP) is 4.67. The van der Waals surface area contributed by atoms with Crippen molar-refractivity contribution < 1.29 is 18.3 Å². The van der Waals surface area contributed by atoms with Crippen molar-refractivity contribution in [3.8, 4) is 0 Å². The number of amidine groups is 1. The maximum Gasteiger partial charge on any atom is 0.416 e. The Morgan fingerprint density at radius 2 is 2.00 bits per heavy atom. The molecule has 24 heavy (non-hydrogen) atoms. The topological polar surface area (TPSA) is 35.8 Å². The number of hydrogen-bond donors (Lipinski definition) is 1. The summed E-state index contributed by atoms with van der Waals surface area (Å²) in [6.07, 6.45) is -1.65. The third-order valence-electron chi connectivity index (χ3n) is 4.09. The van der Waals surface area contributed by atoms with E-state index >= 15 is 0 Å². The monoisotopic (exact) mass is 444 g/mol. The van der Waals surface area contributed by atoms with Gasteiger partial charge in [-0.05, 0) is 37.5 Å². The average molecular weight is 446 g/mol. The zero-order valence-corrected chi connectivity index (χ0v) is 15.9. The number of alkyl halides is 3. The summed E-state index contributed by atoms with van der Waals surface area (Å²) in [5.74, 6) is 0.215. The maximum atomic E-state index is 13.0. The van der Waals surface area contributed by atoms with Gasteiger partial charge < -0.3 is 10.0 Å². The Hall–Kier alpha value is -0.440. The van der Waals surface area contributed by atoms with Crippen LogP contribution in [0.4, 0.5) is 13.2 Å². The summed E-state index contributed by atoms with van der Waals surface area (Å²) < 4.78 is 39.0. The quantitative estimate of drug-likeness (QED) is 0.682. The van der Waals surface area contributed by atoms with Gasteiger partial charge in [-0.3, -0.25) is 4.99 Å². The molecule has 0 bridgehead atoms. The normalized spacial score (nSPS) is 26.7. The zero-order chi connectivity index (χ0) is 16.7. The molecule has 0 amide bonds. The molecule has 0 saturated carbocycles. The van der Waals surface area contributed by atoms with Crippen LogP contribution in [0.1, 0.15) is 30.4 Å². The molecule has 1 unspecified atom stereocenters. The van der Waals surface area contributed by atoms with E-state index in [1.165, 1.54) is 17.8 Å². The lowest BCUT2D eigenvalue weighted by Crippen LogP contribution is -2.46. The van der Waals surface area contributed by atoms with Crippen molar-refractivity contribution in [2.24, 2.45) is 4.99 Å². The van der Waals surface area contributed by atoms with E-state index in [1.807, 2.05) is 0 Å². The third kappa shape index (κ3) is 3.71. The average Bonchev–Trinajstić information content (AvgIpc) is 2.74. The van der Waals surface area contributed by atoms with E-state index in [4.69, 9.17) is 11.6 Å². The fourth-order valence-corrected chi connectivity index (χ4v) is 4.35. The molecule has 1 fully saturated rings. The van der Waals surface area contributed by atoms with Gasteiger partial charge >= 0.3 is 6.18 Å². The molecule has 2 aliphatic heterocycles. The highest BCUT2D eigenvalue weighted by molar-refractivity contribution is 8.93. The molecule has 3 nitrogen and oxygen atoms in total. The number of benzene rings is 1. The molecule has 0 radical (unpaired) electrons. The summed E-state index contributed by atoms with van der Waals surface area (Å²) in [4.78, 5) is 6.14. The van der Waals surface area contributed by atoms with Crippen molar-refractivity contribution in [3.05, 3.63) is 34.3 Å². The number of hydrogen-bond acceptors (Lipinski definition) is 4. The fourth-order valence-electron chi connectivity index (χ4n) is 2.86. The Balaban J connectivity index is 0.00000208.